The number of hydrogen-bond donors (Lipinski definition) is 1. The molecule has 1 rings (SSSR count). The highest BCUT2D eigenvalue weighted by molar-refractivity contribution is 5.68. The number of rotatable bonds is 5. The van der Waals surface area contributed by atoms with Gasteiger partial charge in [-0.25, -0.2) is 4.79 Å². The van der Waals surface area contributed by atoms with Crippen LogP contribution in [0.3, 0.4) is 0 Å². The van der Waals surface area contributed by atoms with Crippen LogP contribution in [0, 0.1) is 0 Å². The number of morpholine rings is 1. The summed E-state index contributed by atoms with van der Waals surface area (Å²) in [5.74, 6) is 0. The average Bonchev–Trinajstić information content (AvgIpc) is 2.33. The van der Waals surface area contributed by atoms with E-state index in [9.17, 15) is 4.79 Å². The number of carbonyl (C=O) groups is 1. The molecule has 1 atom stereocenters. The van der Waals surface area contributed by atoms with Crippen LogP contribution in [0.4, 0.5) is 4.79 Å². The van der Waals surface area contributed by atoms with Gasteiger partial charge in [0.15, 0.2) is 0 Å². The molecule has 1 saturated heterocycles. The van der Waals surface area contributed by atoms with Crippen LogP contribution in [-0.2, 0) is 9.47 Å². The molecule has 1 fully saturated rings. The molecule has 1 heterocycles. The molecule has 0 saturated carbocycles. The van der Waals surface area contributed by atoms with Crippen molar-refractivity contribution < 1.29 is 14.3 Å². The summed E-state index contributed by atoms with van der Waals surface area (Å²) in [4.78, 5) is 13.9. The molecule has 0 bridgehead atoms. The summed E-state index contributed by atoms with van der Waals surface area (Å²) in [5.41, 5.74) is -0.449. The molecule has 5 nitrogen and oxygen atoms in total. The third kappa shape index (κ3) is 6.25. The Morgan fingerprint density at radius 3 is 2.84 bits per heavy atom. The summed E-state index contributed by atoms with van der Waals surface area (Å²) >= 11 is 0. The van der Waals surface area contributed by atoms with Gasteiger partial charge in [0.1, 0.15) is 5.60 Å². The van der Waals surface area contributed by atoms with E-state index in [1.54, 1.807) is 4.90 Å². The Morgan fingerprint density at radius 2 is 2.21 bits per heavy atom. The van der Waals surface area contributed by atoms with E-state index in [1.807, 2.05) is 20.8 Å². The SMILES string of the molecule is CCCCNCC1COCCN1C(=O)OC(C)(C)C. The van der Waals surface area contributed by atoms with Gasteiger partial charge in [0.2, 0.25) is 0 Å². The van der Waals surface area contributed by atoms with Crippen LogP contribution in [0.15, 0.2) is 0 Å². The summed E-state index contributed by atoms with van der Waals surface area (Å²) in [5, 5.41) is 3.37. The number of amides is 1. The van der Waals surface area contributed by atoms with E-state index in [2.05, 4.69) is 12.2 Å². The zero-order valence-corrected chi connectivity index (χ0v) is 12.7. The van der Waals surface area contributed by atoms with Crippen molar-refractivity contribution in [3.63, 3.8) is 0 Å². The minimum absolute atomic E-state index is 0.0699. The summed E-state index contributed by atoms with van der Waals surface area (Å²) in [6.45, 7) is 11.4. The summed E-state index contributed by atoms with van der Waals surface area (Å²) in [6, 6.07) is 0.0699. The van der Waals surface area contributed by atoms with Crippen molar-refractivity contribution in [2.24, 2.45) is 0 Å². The molecular weight excluding hydrogens is 244 g/mol. The quantitative estimate of drug-likeness (QED) is 0.778. The molecule has 19 heavy (non-hydrogen) atoms. The minimum Gasteiger partial charge on any atom is -0.444 e. The van der Waals surface area contributed by atoms with E-state index in [0.717, 1.165) is 19.5 Å². The Bertz CT molecular complexity index is 276. The van der Waals surface area contributed by atoms with Gasteiger partial charge in [-0.1, -0.05) is 13.3 Å². The highest BCUT2D eigenvalue weighted by atomic mass is 16.6. The van der Waals surface area contributed by atoms with Gasteiger partial charge in [0.05, 0.1) is 19.3 Å². The van der Waals surface area contributed by atoms with Crippen molar-refractivity contribution in [3.8, 4) is 0 Å². The van der Waals surface area contributed by atoms with E-state index >= 15 is 0 Å². The van der Waals surface area contributed by atoms with E-state index in [-0.39, 0.29) is 12.1 Å². The zero-order chi connectivity index (χ0) is 14.3. The fourth-order valence-corrected chi connectivity index (χ4v) is 1.96. The van der Waals surface area contributed by atoms with E-state index in [1.165, 1.54) is 6.42 Å². The molecule has 1 aliphatic heterocycles. The monoisotopic (exact) mass is 272 g/mol. The van der Waals surface area contributed by atoms with Crippen molar-refractivity contribution in [2.45, 2.75) is 52.2 Å². The van der Waals surface area contributed by atoms with Crippen LogP contribution in [0.1, 0.15) is 40.5 Å². The Hall–Kier alpha value is -0.810. The first kappa shape index (κ1) is 16.2. The van der Waals surface area contributed by atoms with Crippen molar-refractivity contribution in [2.75, 3.05) is 32.8 Å². The number of unbranched alkanes of at least 4 members (excludes halogenated alkanes) is 1. The van der Waals surface area contributed by atoms with Gasteiger partial charge in [-0.2, -0.15) is 0 Å². The number of nitrogens with one attached hydrogen (secondary N) is 1. The Balaban J connectivity index is 2.45. The Kier molecular flexibility index (Phi) is 6.58. The summed E-state index contributed by atoms with van der Waals surface area (Å²) < 4.78 is 10.9. The normalized spacial score (nSPS) is 20.4. The lowest BCUT2D eigenvalue weighted by Gasteiger charge is -2.36. The minimum atomic E-state index is -0.449. The molecule has 1 amide bonds. The lowest BCUT2D eigenvalue weighted by atomic mass is 10.2. The van der Waals surface area contributed by atoms with Crippen LogP contribution in [0.2, 0.25) is 0 Å². The zero-order valence-electron chi connectivity index (χ0n) is 12.7. The topological polar surface area (TPSA) is 50.8 Å². The van der Waals surface area contributed by atoms with Gasteiger partial charge in [0.25, 0.3) is 0 Å². The van der Waals surface area contributed by atoms with Crippen LogP contribution in [0.5, 0.6) is 0 Å². The van der Waals surface area contributed by atoms with Crippen LogP contribution in [0.25, 0.3) is 0 Å². The van der Waals surface area contributed by atoms with Crippen molar-refractivity contribution in [1.82, 2.24) is 10.2 Å². The fourth-order valence-electron chi connectivity index (χ4n) is 1.96. The van der Waals surface area contributed by atoms with Gasteiger partial charge in [0, 0.05) is 13.1 Å². The molecular formula is C14H28N2O3. The molecule has 0 radical (unpaired) electrons. The Morgan fingerprint density at radius 1 is 1.47 bits per heavy atom. The molecule has 0 aromatic carbocycles. The van der Waals surface area contributed by atoms with Crippen molar-refractivity contribution in [3.05, 3.63) is 0 Å². The molecule has 1 aliphatic rings. The first-order valence-corrected chi connectivity index (χ1v) is 7.22. The molecule has 0 aliphatic carbocycles. The van der Waals surface area contributed by atoms with Gasteiger partial charge < -0.3 is 14.8 Å². The van der Waals surface area contributed by atoms with E-state index in [4.69, 9.17) is 9.47 Å². The van der Waals surface area contributed by atoms with Gasteiger partial charge >= 0.3 is 6.09 Å². The van der Waals surface area contributed by atoms with Crippen molar-refractivity contribution in [1.29, 1.82) is 0 Å². The second-order valence-corrected chi connectivity index (χ2v) is 5.96. The highest BCUT2D eigenvalue weighted by Crippen LogP contribution is 2.14. The van der Waals surface area contributed by atoms with Gasteiger partial charge in [-0.3, -0.25) is 4.90 Å². The predicted octanol–water partition coefficient (Wildman–Crippen LogP) is 2.01. The molecule has 0 aromatic rings. The standard InChI is InChI=1S/C14H28N2O3/c1-5-6-7-15-10-12-11-18-9-8-16(12)13(17)19-14(2,3)4/h12,15H,5-11H2,1-4H3. The maximum Gasteiger partial charge on any atom is 0.410 e. The fraction of sp³-hybridized carbons (Fsp3) is 0.929. The summed E-state index contributed by atoms with van der Waals surface area (Å²) in [7, 11) is 0. The first-order valence-electron chi connectivity index (χ1n) is 7.22. The van der Waals surface area contributed by atoms with Gasteiger partial charge in [-0.15, -0.1) is 0 Å². The second-order valence-electron chi connectivity index (χ2n) is 5.96. The van der Waals surface area contributed by atoms with E-state index < -0.39 is 5.60 Å². The van der Waals surface area contributed by atoms with Gasteiger partial charge in [-0.05, 0) is 33.7 Å². The number of nitrogens with zero attached hydrogens (tertiary/aromatic N) is 1. The average molecular weight is 272 g/mol. The van der Waals surface area contributed by atoms with Crippen LogP contribution < -0.4 is 5.32 Å². The maximum atomic E-state index is 12.1. The smallest absolute Gasteiger partial charge is 0.410 e. The number of hydrogen-bond acceptors (Lipinski definition) is 4. The number of ether oxygens (including phenoxy) is 2. The van der Waals surface area contributed by atoms with Crippen LogP contribution in [-0.4, -0.2) is 55.5 Å². The molecule has 5 heteroatoms. The molecule has 1 N–H and O–H groups in total. The molecule has 112 valence electrons. The lowest BCUT2D eigenvalue weighted by Crippen LogP contribution is -2.54. The number of carbonyl (C=O) groups excluding carboxylic acids is 1. The summed E-state index contributed by atoms with van der Waals surface area (Å²) in [6.07, 6.45) is 2.09. The lowest BCUT2D eigenvalue weighted by molar-refractivity contribution is -0.0316. The molecule has 0 spiro atoms. The molecule has 1 unspecified atom stereocenters. The van der Waals surface area contributed by atoms with Crippen LogP contribution >= 0.6 is 0 Å². The second kappa shape index (κ2) is 7.70. The highest BCUT2D eigenvalue weighted by Gasteiger charge is 2.30. The van der Waals surface area contributed by atoms with E-state index in [0.29, 0.717) is 19.8 Å². The maximum absolute atomic E-state index is 12.1. The third-order valence-corrected chi connectivity index (χ3v) is 2.94. The third-order valence-electron chi connectivity index (χ3n) is 2.94. The predicted molar refractivity (Wildman–Crippen MR) is 75.3 cm³/mol. The molecule has 0 aromatic heterocycles. The Labute approximate surface area is 116 Å². The largest absolute Gasteiger partial charge is 0.444 e. The first-order chi connectivity index (χ1) is 8.94. The van der Waals surface area contributed by atoms with Crippen molar-refractivity contribution >= 4 is 6.09 Å².